The maximum atomic E-state index is 11.6. The van der Waals surface area contributed by atoms with E-state index in [0.29, 0.717) is 6.42 Å². The molecular weight excluding hydrogens is 292 g/mol. The molecule has 2 N–H and O–H groups in total. The fraction of sp³-hybridized carbons (Fsp3) is 0.579. The Morgan fingerprint density at radius 3 is 2.04 bits per heavy atom. The fourth-order valence-corrected chi connectivity index (χ4v) is 2.91. The summed E-state index contributed by atoms with van der Waals surface area (Å²) in [5, 5.41) is 18.8. The average Bonchev–Trinajstić information content (AvgIpc) is 2.52. The van der Waals surface area contributed by atoms with Gasteiger partial charge in [0.05, 0.1) is 11.1 Å². The smallest absolute Gasteiger partial charge is 0.336 e. The molecule has 0 aliphatic heterocycles. The summed E-state index contributed by atoms with van der Waals surface area (Å²) in [6, 6.07) is 3.24. The van der Waals surface area contributed by atoms with Gasteiger partial charge >= 0.3 is 11.9 Å². The number of carboxylic acid groups (broad SMARTS) is 2. The first-order chi connectivity index (χ1) is 11.0. The molecule has 0 radical (unpaired) electrons. The molecule has 0 bridgehead atoms. The van der Waals surface area contributed by atoms with E-state index in [9.17, 15) is 19.8 Å². The van der Waals surface area contributed by atoms with Crippen molar-refractivity contribution in [2.75, 3.05) is 0 Å². The average molecular weight is 320 g/mol. The van der Waals surface area contributed by atoms with E-state index < -0.39 is 11.9 Å². The summed E-state index contributed by atoms with van der Waals surface area (Å²) in [5.41, 5.74) is 1.61. The molecule has 1 aromatic rings. The monoisotopic (exact) mass is 320 g/mol. The van der Waals surface area contributed by atoms with E-state index in [1.807, 2.05) is 0 Å². The minimum absolute atomic E-state index is 0.0124. The summed E-state index contributed by atoms with van der Waals surface area (Å²) in [5.74, 6) is -2.30. The van der Waals surface area contributed by atoms with Gasteiger partial charge in [0.2, 0.25) is 0 Å². The zero-order valence-electron chi connectivity index (χ0n) is 14.2. The van der Waals surface area contributed by atoms with Crippen LogP contribution in [0.15, 0.2) is 12.1 Å². The van der Waals surface area contributed by atoms with Gasteiger partial charge in [-0.15, -0.1) is 0 Å². The van der Waals surface area contributed by atoms with Crippen molar-refractivity contribution in [1.82, 2.24) is 0 Å². The predicted octanol–water partition coefficient (Wildman–Crippen LogP) is 4.94. The number of benzene rings is 1. The third-order valence-corrected chi connectivity index (χ3v) is 4.18. The van der Waals surface area contributed by atoms with Crippen molar-refractivity contribution < 1.29 is 19.8 Å². The summed E-state index contributed by atoms with van der Waals surface area (Å²) in [6.45, 7) is 4.25. The number of hydrogen-bond acceptors (Lipinski definition) is 2. The van der Waals surface area contributed by atoms with E-state index in [1.54, 1.807) is 6.07 Å². The Labute approximate surface area is 138 Å². The molecule has 0 amide bonds. The second kappa shape index (κ2) is 10.0. The highest BCUT2D eigenvalue weighted by Gasteiger charge is 2.22. The van der Waals surface area contributed by atoms with Crippen molar-refractivity contribution in [3.63, 3.8) is 0 Å². The molecule has 1 aromatic carbocycles. The summed E-state index contributed by atoms with van der Waals surface area (Å²) in [4.78, 5) is 23.0. The number of hydrogen-bond donors (Lipinski definition) is 2. The molecule has 128 valence electrons. The highest BCUT2D eigenvalue weighted by Crippen LogP contribution is 2.24. The van der Waals surface area contributed by atoms with Crippen LogP contribution in [0.1, 0.15) is 90.6 Å². The highest BCUT2D eigenvalue weighted by molar-refractivity contribution is 6.03. The van der Waals surface area contributed by atoms with Crippen LogP contribution in [0, 0.1) is 0 Å². The van der Waals surface area contributed by atoms with Gasteiger partial charge in [-0.2, -0.15) is 0 Å². The second-order valence-corrected chi connectivity index (χ2v) is 6.00. The molecule has 0 saturated carbocycles. The molecule has 0 aliphatic rings. The second-order valence-electron chi connectivity index (χ2n) is 6.00. The van der Waals surface area contributed by atoms with E-state index in [4.69, 9.17) is 0 Å². The molecule has 0 spiro atoms. The molecule has 0 unspecified atom stereocenters. The van der Waals surface area contributed by atoms with Gasteiger partial charge in [0, 0.05) is 0 Å². The van der Waals surface area contributed by atoms with E-state index in [1.165, 1.54) is 12.5 Å². The number of aromatic carboxylic acids is 2. The first kappa shape index (κ1) is 19.2. The van der Waals surface area contributed by atoms with Crippen LogP contribution >= 0.6 is 0 Å². The third kappa shape index (κ3) is 5.70. The number of unbranched alkanes of at least 4 members (excludes halogenated alkanes) is 5. The van der Waals surface area contributed by atoms with Crippen molar-refractivity contribution in [3.8, 4) is 0 Å². The standard InChI is InChI=1S/C19H28O4/c1-3-5-7-8-9-11-15-14(10-6-4-2)12-13-16(18(20)21)17(15)19(22)23/h12-13H,3-11H2,1-2H3,(H,20,21)(H,22,23). The Hall–Kier alpha value is -1.84. The lowest BCUT2D eigenvalue weighted by atomic mass is 9.89. The predicted molar refractivity (Wildman–Crippen MR) is 91.4 cm³/mol. The topological polar surface area (TPSA) is 74.6 Å². The molecule has 0 heterocycles. The van der Waals surface area contributed by atoms with Gasteiger partial charge in [-0.1, -0.05) is 52.0 Å². The molecule has 0 saturated heterocycles. The Bertz CT molecular complexity index is 534. The van der Waals surface area contributed by atoms with Crippen molar-refractivity contribution >= 4 is 11.9 Å². The van der Waals surface area contributed by atoms with Crippen molar-refractivity contribution in [2.45, 2.75) is 71.6 Å². The molecule has 1 rings (SSSR count). The minimum atomic E-state index is -1.17. The van der Waals surface area contributed by atoms with Crippen molar-refractivity contribution in [3.05, 3.63) is 34.4 Å². The van der Waals surface area contributed by atoms with Gasteiger partial charge in [-0.05, 0) is 42.9 Å². The molecule has 0 atom stereocenters. The Balaban J connectivity index is 3.09. The first-order valence-electron chi connectivity index (χ1n) is 8.64. The maximum Gasteiger partial charge on any atom is 0.336 e. The maximum absolute atomic E-state index is 11.6. The Morgan fingerprint density at radius 2 is 1.48 bits per heavy atom. The highest BCUT2D eigenvalue weighted by atomic mass is 16.4. The number of carbonyl (C=O) groups is 2. The van der Waals surface area contributed by atoms with Gasteiger partial charge in [-0.25, -0.2) is 9.59 Å². The van der Waals surface area contributed by atoms with Gasteiger partial charge in [-0.3, -0.25) is 0 Å². The van der Waals surface area contributed by atoms with Gasteiger partial charge in [0.15, 0.2) is 0 Å². The zero-order chi connectivity index (χ0) is 17.2. The fourth-order valence-electron chi connectivity index (χ4n) is 2.91. The number of carboxylic acids is 2. The summed E-state index contributed by atoms with van der Waals surface area (Å²) in [7, 11) is 0. The summed E-state index contributed by atoms with van der Waals surface area (Å²) in [6.07, 6.45) is 8.90. The summed E-state index contributed by atoms with van der Waals surface area (Å²) < 4.78 is 0. The van der Waals surface area contributed by atoms with E-state index >= 15 is 0 Å². The molecule has 4 heteroatoms. The SMILES string of the molecule is CCCCCCCc1c(CCCC)ccc(C(=O)O)c1C(=O)O. The zero-order valence-corrected chi connectivity index (χ0v) is 14.2. The van der Waals surface area contributed by atoms with Crippen LogP contribution in [-0.2, 0) is 12.8 Å². The normalized spacial score (nSPS) is 10.7. The van der Waals surface area contributed by atoms with Crippen LogP contribution in [0.25, 0.3) is 0 Å². The lowest BCUT2D eigenvalue weighted by Gasteiger charge is -2.15. The molecule has 4 nitrogen and oxygen atoms in total. The van der Waals surface area contributed by atoms with E-state index in [2.05, 4.69) is 13.8 Å². The van der Waals surface area contributed by atoms with E-state index in [0.717, 1.165) is 56.1 Å². The van der Waals surface area contributed by atoms with Gasteiger partial charge in [0.25, 0.3) is 0 Å². The van der Waals surface area contributed by atoms with Crippen LogP contribution in [0.2, 0.25) is 0 Å². The van der Waals surface area contributed by atoms with E-state index in [-0.39, 0.29) is 11.1 Å². The Morgan fingerprint density at radius 1 is 0.826 bits per heavy atom. The van der Waals surface area contributed by atoms with Crippen LogP contribution < -0.4 is 0 Å². The summed E-state index contributed by atoms with van der Waals surface area (Å²) >= 11 is 0. The largest absolute Gasteiger partial charge is 0.478 e. The lowest BCUT2D eigenvalue weighted by molar-refractivity contribution is 0.0650. The van der Waals surface area contributed by atoms with Crippen LogP contribution in [0.3, 0.4) is 0 Å². The Kier molecular flexibility index (Phi) is 8.38. The lowest BCUT2D eigenvalue weighted by Crippen LogP contribution is -2.14. The first-order valence-corrected chi connectivity index (χ1v) is 8.64. The molecule has 0 aromatic heterocycles. The van der Waals surface area contributed by atoms with Crippen LogP contribution in [0.5, 0.6) is 0 Å². The van der Waals surface area contributed by atoms with Crippen molar-refractivity contribution in [2.24, 2.45) is 0 Å². The van der Waals surface area contributed by atoms with Gasteiger partial charge < -0.3 is 10.2 Å². The molecular formula is C19H28O4. The van der Waals surface area contributed by atoms with Gasteiger partial charge in [0.1, 0.15) is 0 Å². The number of rotatable bonds is 11. The quantitative estimate of drug-likeness (QED) is 0.566. The van der Waals surface area contributed by atoms with Crippen LogP contribution in [-0.4, -0.2) is 22.2 Å². The van der Waals surface area contributed by atoms with Crippen molar-refractivity contribution in [1.29, 1.82) is 0 Å². The van der Waals surface area contributed by atoms with Crippen LogP contribution in [0.4, 0.5) is 0 Å². The minimum Gasteiger partial charge on any atom is -0.478 e. The third-order valence-electron chi connectivity index (χ3n) is 4.18. The molecule has 0 fully saturated rings. The molecule has 0 aliphatic carbocycles. The number of aryl methyl sites for hydroxylation is 1. The molecule has 23 heavy (non-hydrogen) atoms.